The van der Waals surface area contributed by atoms with Crippen LogP contribution in [0, 0.1) is 17.3 Å². The van der Waals surface area contributed by atoms with Crippen LogP contribution in [0.25, 0.3) is 0 Å². The fraction of sp³-hybridized carbons (Fsp3) is 1.00. The van der Waals surface area contributed by atoms with Crippen molar-refractivity contribution in [2.75, 3.05) is 19.6 Å². The molecule has 2 N–H and O–H groups in total. The van der Waals surface area contributed by atoms with Crippen molar-refractivity contribution >= 4 is 0 Å². The Morgan fingerprint density at radius 2 is 1.76 bits per heavy atom. The first kappa shape index (κ1) is 17.3. The van der Waals surface area contributed by atoms with Crippen LogP contribution in [0.15, 0.2) is 0 Å². The van der Waals surface area contributed by atoms with Gasteiger partial charge in [-0.05, 0) is 75.3 Å². The van der Waals surface area contributed by atoms with Crippen molar-refractivity contribution < 1.29 is 0 Å². The molecular weight excluding hydrogens is 256 g/mol. The Kier molecular flexibility index (Phi) is 5.76. The number of nitrogens with zero attached hydrogens (tertiary/aromatic N) is 1. The van der Waals surface area contributed by atoms with E-state index in [0.717, 1.165) is 18.4 Å². The van der Waals surface area contributed by atoms with Crippen LogP contribution < -0.4 is 5.73 Å². The van der Waals surface area contributed by atoms with Crippen LogP contribution in [-0.4, -0.2) is 30.1 Å². The molecule has 0 radical (unpaired) electrons. The normalized spacial score (nSPS) is 36.4. The molecule has 1 saturated carbocycles. The summed E-state index contributed by atoms with van der Waals surface area (Å²) in [6.45, 7) is 13.1. The Morgan fingerprint density at radius 3 is 2.33 bits per heavy atom. The molecule has 2 fully saturated rings. The molecule has 1 unspecified atom stereocenters. The number of rotatable bonds is 4. The van der Waals surface area contributed by atoms with Crippen LogP contribution in [0.1, 0.15) is 79.1 Å². The molecular formula is C19H38N2. The van der Waals surface area contributed by atoms with E-state index in [1.54, 1.807) is 0 Å². The maximum Gasteiger partial charge on any atom is 0.0331 e. The van der Waals surface area contributed by atoms with Crippen molar-refractivity contribution in [3.8, 4) is 0 Å². The van der Waals surface area contributed by atoms with Crippen LogP contribution in [0.4, 0.5) is 0 Å². The molecule has 124 valence electrons. The minimum atomic E-state index is 0.324. The first-order chi connectivity index (χ1) is 9.93. The second-order valence-corrected chi connectivity index (χ2v) is 8.57. The average molecular weight is 295 g/mol. The molecule has 1 atom stereocenters. The highest BCUT2D eigenvalue weighted by molar-refractivity contribution is 4.98. The molecule has 0 spiro atoms. The molecule has 21 heavy (non-hydrogen) atoms. The Bertz CT molecular complexity index is 316. The lowest BCUT2D eigenvalue weighted by Gasteiger charge is -2.50. The molecule has 0 amide bonds. The van der Waals surface area contributed by atoms with Crippen molar-refractivity contribution in [3.63, 3.8) is 0 Å². The van der Waals surface area contributed by atoms with Crippen LogP contribution in [0.5, 0.6) is 0 Å². The molecule has 2 rings (SSSR count). The lowest BCUT2D eigenvalue weighted by atomic mass is 9.65. The van der Waals surface area contributed by atoms with E-state index in [2.05, 4.69) is 32.6 Å². The maximum absolute atomic E-state index is 6.30. The van der Waals surface area contributed by atoms with Gasteiger partial charge in [-0.15, -0.1) is 0 Å². The van der Waals surface area contributed by atoms with Crippen LogP contribution >= 0.6 is 0 Å². The van der Waals surface area contributed by atoms with Gasteiger partial charge in [0.05, 0.1) is 0 Å². The summed E-state index contributed by atoms with van der Waals surface area (Å²) in [6, 6.07) is 0. The van der Waals surface area contributed by atoms with Crippen molar-refractivity contribution in [3.05, 3.63) is 0 Å². The molecule has 0 aromatic carbocycles. The zero-order chi connectivity index (χ0) is 15.5. The van der Waals surface area contributed by atoms with Gasteiger partial charge in [0.1, 0.15) is 0 Å². The summed E-state index contributed by atoms with van der Waals surface area (Å²) in [7, 11) is 0. The number of hydrogen-bond donors (Lipinski definition) is 1. The molecule has 1 saturated heterocycles. The topological polar surface area (TPSA) is 29.3 Å². The van der Waals surface area contributed by atoms with E-state index in [-0.39, 0.29) is 0 Å². The van der Waals surface area contributed by atoms with Gasteiger partial charge >= 0.3 is 0 Å². The summed E-state index contributed by atoms with van der Waals surface area (Å²) < 4.78 is 0. The molecule has 1 heterocycles. The molecule has 0 bridgehead atoms. The summed E-state index contributed by atoms with van der Waals surface area (Å²) >= 11 is 0. The van der Waals surface area contributed by atoms with E-state index in [4.69, 9.17) is 5.73 Å². The van der Waals surface area contributed by atoms with Crippen molar-refractivity contribution in [1.29, 1.82) is 0 Å². The van der Waals surface area contributed by atoms with E-state index < -0.39 is 0 Å². The van der Waals surface area contributed by atoms with Gasteiger partial charge in [0.15, 0.2) is 0 Å². The highest BCUT2D eigenvalue weighted by atomic mass is 15.2. The monoisotopic (exact) mass is 294 g/mol. The third kappa shape index (κ3) is 3.82. The summed E-state index contributed by atoms with van der Waals surface area (Å²) in [6.07, 6.45) is 10.8. The number of hydrogen-bond acceptors (Lipinski definition) is 2. The molecule has 0 aromatic heterocycles. The lowest BCUT2D eigenvalue weighted by molar-refractivity contribution is 0.0179. The summed E-state index contributed by atoms with van der Waals surface area (Å²) in [5.41, 5.74) is 7.13. The van der Waals surface area contributed by atoms with E-state index in [0.29, 0.717) is 11.0 Å². The summed E-state index contributed by atoms with van der Waals surface area (Å²) in [5.74, 6) is 1.80. The fourth-order valence-electron chi connectivity index (χ4n) is 4.61. The van der Waals surface area contributed by atoms with Crippen LogP contribution in [-0.2, 0) is 0 Å². The highest BCUT2D eigenvalue weighted by Crippen LogP contribution is 2.45. The molecule has 2 nitrogen and oxygen atoms in total. The maximum atomic E-state index is 6.30. The van der Waals surface area contributed by atoms with Crippen LogP contribution in [0.2, 0.25) is 0 Å². The van der Waals surface area contributed by atoms with E-state index in [1.807, 2.05) is 0 Å². The largest absolute Gasteiger partial charge is 0.329 e. The smallest absolute Gasteiger partial charge is 0.0331 e. The minimum absolute atomic E-state index is 0.324. The SMILES string of the molecule is CCC(C)(C)C1CCC(CN)(N2CCCC(C)CC2)CC1. The Morgan fingerprint density at radius 1 is 1.10 bits per heavy atom. The predicted molar refractivity (Wildman–Crippen MR) is 92.4 cm³/mol. The van der Waals surface area contributed by atoms with E-state index in [9.17, 15) is 0 Å². The first-order valence-corrected chi connectivity index (χ1v) is 9.38. The Labute approximate surface area is 132 Å². The Balaban J connectivity index is 2.00. The second kappa shape index (κ2) is 7.00. The van der Waals surface area contributed by atoms with Gasteiger partial charge in [0.25, 0.3) is 0 Å². The Hall–Kier alpha value is -0.0800. The molecule has 2 heteroatoms. The van der Waals surface area contributed by atoms with Crippen molar-refractivity contribution in [1.82, 2.24) is 4.90 Å². The molecule has 2 aliphatic rings. The average Bonchev–Trinajstić information content (AvgIpc) is 2.72. The highest BCUT2D eigenvalue weighted by Gasteiger charge is 2.42. The van der Waals surface area contributed by atoms with Gasteiger partial charge in [-0.1, -0.05) is 34.1 Å². The minimum Gasteiger partial charge on any atom is -0.329 e. The number of likely N-dealkylation sites (tertiary alicyclic amines) is 1. The zero-order valence-corrected chi connectivity index (χ0v) is 15.0. The van der Waals surface area contributed by atoms with Gasteiger partial charge < -0.3 is 5.73 Å². The number of nitrogens with two attached hydrogens (primary N) is 1. The lowest BCUT2D eigenvalue weighted by Crippen LogP contribution is -2.56. The van der Waals surface area contributed by atoms with Crippen molar-refractivity contribution in [2.45, 2.75) is 84.6 Å². The van der Waals surface area contributed by atoms with E-state index in [1.165, 1.54) is 64.5 Å². The molecule has 1 aliphatic carbocycles. The predicted octanol–water partition coefficient (Wildman–Crippen LogP) is 4.43. The van der Waals surface area contributed by atoms with Gasteiger partial charge in [-0.2, -0.15) is 0 Å². The zero-order valence-electron chi connectivity index (χ0n) is 15.0. The summed E-state index contributed by atoms with van der Waals surface area (Å²) in [5, 5.41) is 0. The van der Waals surface area contributed by atoms with Gasteiger partial charge in [-0.25, -0.2) is 0 Å². The van der Waals surface area contributed by atoms with E-state index >= 15 is 0 Å². The van der Waals surface area contributed by atoms with Gasteiger partial charge in [0.2, 0.25) is 0 Å². The van der Waals surface area contributed by atoms with Crippen molar-refractivity contribution in [2.24, 2.45) is 23.0 Å². The van der Waals surface area contributed by atoms with Gasteiger partial charge in [-0.3, -0.25) is 4.90 Å². The molecule has 0 aromatic rings. The fourth-order valence-corrected chi connectivity index (χ4v) is 4.61. The van der Waals surface area contributed by atoms with Crippen LogP contribution in [0.3, 0.4) is 0 Å². The molecule has 1 aliphatic heterocycles. The third-order valence-electron chi connectivity index (χ3n) is 7.00. The van der Waals surface area contributed by atoms with Gasteiger partial charge in [0, 0.05) is 12.1 Å². The quantitative estimate of drug-likeness (QED) is 0.831. The summed E-state index contributed by atoms with van der Waals surface area (Å²) in [4.78, 5) is 2.78. The first-order valence-electron chi connectivity index (χ1n) is 9.38. The third-order valence-corrected chi connectivity index (χ3v) is 7.00. The second-order valence-electron chi connectivity index (χ2n) is 8.57. The standard InChI is InChI=1S/C19H38N2/c1-5-18(3,4)17-8-11-19(15-20,12-9-17)21-13-6-7-16(2)10-14-21/h16-17H,5-15,20H2,1-4H3.